The van der Waals surface area contributed by atoms with Crippen molar-refractivity contribution in [2.75, 3.05) is 0 Å². The summed E-state index contributed by atoms with van der Waals surface area (Å²) in [4.78, 5) is 0. The minimum atomic E-state index is 0.208. The molecule has 1 aromatic rings. The van der Waals surface area contributed by atoms with E-state index in [4.69, 9.17) is 11.6 Å². The van der Waals surface area contributed by atoms with E-state index in [-0.39, 0.29) is 3.38 Å². The molecule has 0 spiro atoms. The predicted octanol–water partition coefficient (Wildman–Crippen LogP) is 3.23. The van der Waals surface area contributed by atoms with Crippen LogP contribution in [0.5, 0.6) is 0 Å². The van der Waals surface area contributed by atoms with Gasteiger partial charge in [0.25, 0.3) is 0 Å². The zero-order valence-corrected chi connectivity index (χ0v) is 8.34. The van der Waals surface area contributed by atoms with Gasteiger partial charge in [-0.2, -0.15) is 0 Å². The van der Waals surface area contributed by atoms with Gasteiger partial charge in [0.05, 0.1) is 3.38 Å². The quantitative estimate of drug-likeness (QED) is 0.569. The molecule has 0 radical (unpaired) electrons. The van der Waals surface area contributed by atoms with E-state index in [2.05, 4.69) is 34.7 Å². The zero-order chi connectivity index (χ0) is 7.40. The maximum absolute atomic E-state index is 5.80. The van der Waals surface area contributed by atoms with Gasteiger partial charge in [-0.15, -0.1) is 11.6 Å². The molecule has 0 aliphatic heterocycles. The SMILES string of the molecule is ClC(I)Cc1ccccc1. The van der Waals surface area contributed by atoms with E-state index in [0.29, 0.717) is 0 Å². The third-order valence-corrected chi connectivity index (χ3v) is 1.83. The Kier molecular flexibility index (Phi) is 3.49. The summed E-state index contributed by atoms with van der Waals surface area (Å²) in [7, 11) is 0. The van der Waals surface area contributed by atoms with E-state index in [1.807, 2.05) is 18.2 Å². The monoisotopic (exact) mass is 266 g/mol. The molecular formula is C8H8ClI. The largest absolute Gasteiger partial charge is 0.111 e. The van der Waals surface area contributed by atoms with Gasteiger partial charge >= 0.3 is 0 Å². The molecule has 0 N–H and O–H groups in total. The Morgan fingerprint density at radius 2 is 1.90 bits per heavy atom. The zero-order valence-electron chi connectivity index (χ0n) is 5.43. The molecule has 1 atom stereocenters. The van der Waals surface area contributed by atoms with Gasteiger partial charge in [0.2, 0.25) is 0 Å². The Morgan fingerprint density at radius 1 is 1.30 bits per heavy atom. The van der Waals surface area contributed by atoms with Crippen molar-refractivity contribution in [3.8, 4) is 0 Å². The molecule has 0 nitrogen and oxygen atoms in total. The summed E-state index contributed by atoms with van der Waals surface area (Å²) >= 11 is 8.01. The summed E-state index contributed by atoms with van der Waals surface area (Å²) < 4.78 is 0.208. The Morgan fingerprint density at radius 3 is 2.40 bits per heavy atom. The van der Waals surface area contributed by atoms with Crippen LogP contribution >= 0.6 is 34.2 Å². The first-order chi connectivity index (χ1) is 4.79. The van der Waals surface area contributed by atoms with Crippen molar-refractivity contribution >= 4 is 34.2 Å². The molecule has 0 amide bonds. The second-order valence-electron chi connectivity index (χ2n) is 2.08. The fourth-order valence-corrected chi connectivity index (χ4v) is 1.48. The van der Waals surface area contributed by atoms with Crippen molar-refractivity contribution in [2.24, 2.45) is 0 Å². The Bertz CT molecular complexity index is 184. The molecule has 0 aromatic heterocycles. The van der Waals surface area contributed by atoms with Crippen LogP contribution in [-0.4, -0.2) is 3.38 Å². The summed E-state index contributed by atoms with van der Waals surface area (Å²) in [5.41, 5.74) is 1.30. The van der Waals surface area contributed by atoms with Gasteiger partial charge in [-0.05, 0) is 12.0 Å². The molecule has 1 aromatic carbocycles. The summed E-state index contributed by atoms with van der Waals surface area (Å²) in [6, 6.07) is 10.3. The Hall–Kier alpha value is 0.240. The molecule has 2 heteroatoms. The van der Waals surface area contributed by atoms with Crippen molar-refractivity contribution in [3.63, 3.8) is 0 Å². The average Bonchev–Trinajstić information content (AvgIpc) is 1.88. The third kappa shape index (κ3) is 2.88. The van der Waals surface area contributed by atoms with Crippen LogP contribution in [0.25, 0.3) is 0 Å². The first-order valence-corrected chi connectivity index (χ1v) is 4.79. The molecular weight excluding hydrogens is 258 g/mol. The lowest BCUT2D eigenvalue weighted by atomic mass is 10.2. The minimum Gasteiger partial charge on any atom is -0.111 e. The Labute approximate surface area is 79.7 Å². The molecule has 0 saturated heterocycles. The first kappa shape index (κ1) is 8.34. The lowest BCUT2D eigenvalue weighted by Crippen LogP contribution is -1.91. The molecule has 1 rings (SSSR count). The van der Waals surface area contributed by atoms with Gasteiger partial charge in [-0.3, -0.25) is 0 Å². The van der Waals surface area contributed by atoms with Crippen LogP contribution in [0, 0.1) is 0 Å². The molecule has 1 unspecified atom stereocenters. The average molecular weight is 267 g/mol. The van der Waals surface area contributed by atoms with E-state index >= 15 is 0 Å². The number of rotatable bonds is 2. The standard InChI is InChI=1S/C8H8ClI/c9-8(10)6-7-4-2-1-3-5-7/h1-5,8H,6H2. The van der Waals surface area contributed by atoms with Gasteiger partial charge in [-0.1, -0.05) is 52.9 Å². The fraction of sp³-hybridized carbons (Fsp3) is 0.250. The van der Waals surface area contributed by atoms with Crippen molar-refractivity contribution in [3.05, 3.63) is 35.9 Å². The highest BCUT2D eigenvalue weighted by Crippen LogP contribution is 2.12. The highest BCUT2D eigenvalue weighted by molar-refractivity contribution is 14.1. The molecule has 54 valence electrons. The van der Waals surface area contributed by atoms with Crippen LogP contribution in [-0.2, 0) is 6.42 Å². The maximum Gasteiger partial charge on any atom is 0.0890 e. The summed E-state index contributed by atoms with van der Waals surface area (Å²) in [6.45, 7) is 0. The summed E-state index contributed by atoms with van der Waals surface area (Å²) in [5.74, 6) is 0. The van der Waals surface area contributed by atoms with Crippen LogP contribution in [0.15, 0.2) is 30.3 Å². The van der Waals surface area contributed by atoms with Crippen LogP contribution < -0.4 is 0 Å². The normalized spacial score (nSPS) is 13.0. The molecule has 0 aliphatic rings. The van der Waals surface area contributed by atoms with Crippen molar-refractivity contribution in [2.45, 2.75) is 9.80 Å². The van der Waals surface area contributed by atoms with Crippen LogP contribution in [0.2, 0.25) is 0 Å². The maximum atomic E-state index is 5.80. The number of hydrogen-bond acceptors (Lipinski definition) is 0. The van der Waals surface area contributed by atoms with Gasteiger partial charge in [-0.25, -0.2) is 0 Å². The number of hydrogen-bond donors (Lipinski definition) is 0. The van der Waals surface area contributed by atoms with E-state index in [1.54, 1.807) is 0 Å². The lowest BCUT2D eigenvalue weighted by molar-refractivity contribution is 1.12. The van der Waals surface area contributed by atoms with E-state index in [9.17, 15) is 0 Å². The smallest absolute Gasteiger partial charge is 0.0890 e. The van der Waals surface area contributed by atoms with Crippen molar-refractivity contribution in [1.82, 2.24) is 0 Å². The van der Waals surface area contributed by atoms with Crippen LogP contribution in [0.3, 0.4) is 0 Å². The van der Waals surface area contributed by atoms with Crippen LogP contribution in [0.4, 0.5) is 0 Å². The van der Waals surface area contributed by atoms with Gasteiger partial charge in [0.1, 0.15) is 0 Å². The highest BCUT2D eigenvalue weighted by Gasteiger charge is 1.97. The summed E-state index contributed by atoms with van der Waals surface area (Å²) in [5, 5.41) is 0. The second kappa shape index (κ2) is 4.19. The van der Waals surface area contributed by atoms with Crippen molar-refractivity contribution in [1.29, 1.82) is 0 Å². The van der Waals surface area contributed by atoms with E-state index in [0.717, 1.165) is 6.42 Å². The molecule has 0 aliphatic carbocycles. The van der Waals surface area contributed by atoms with Gasteiger partial charge < -0.3 is 0 Å². The molecule has 0 fully saturated rings. The highest BCUT2D eigenvalue weighted by atomic mass is 127. The van der Waals surface area contributed by atoms with Crippen LogP contribution in [0.1, 0.15) is 5.56 Å². The molecule has 0 heterocycles. The molecule has 0 bridgehead atoms. The van der Waals surface area contributed by atoms with E-state index < -0.39 is 0 Å². The van der Waals surface area contributed by atoms with Gasteiger partial charge in [0.15, 0.2) is 0 Å². The minimum absolute atomic E-state index is 0.208. The number of alkyl halides is 2. The second-order valence-corrected chi connectivity index (χ2v) is 4.85. The first-order valence-electron chi connectivity index (χ1n) is 3.11. The third-order valence-electron chi connectivity index (χ3n) is 1.23. The number of halogens is 2. The predicted molar refractivity (Wildman–Crippen MR) is 53.8 cm³/mol. The topological polar surface area (TPSA) is 0 Å². The van der Waals surface area contributed by atoms with Gasteiger partial charge in [0, 0.05) is 0 Å². The lowest BCUT2D eigenvalue weighted by Gasteiger charge is -1.99. The summed E-state index contributed by atoms with van der Waals surface area (Å²) in [6.07, 6.45) is 0.947. The Balaban J connectivity index is 2.59. The van der Waals surface area contributed by atoms with Crippen molar-refractivity contribution < 1.29 is 0 Å². The number of benzene rings is 1. The molecule has 10 heavy (non-hydrogen) atoms. The molecule has 0 saturated carbocycles. The van der Waals surface area contributed by atoms with E-state index in [1.165, 1.54) is 5.56 Å². The fourth-order valence-electron chi connectivity index (χ4n) is 0.792.